The molecule has 2 amide bonds. The number of aromatic nitrogens is 2. The zero-order chi connectivity index (χ0) is 25.1. The van der Waals surface area contributed by atoms with Crippen LogP contribution in [0, 0.1) is 12.7 Å². The number of nitrogens with zero attached hydrogens (tertiary/aromatic N) is 1. The zero-order valence-electron chi connectivity index (χ0n) is 20.0. The lowest BCUT2D eigenvalue weighted by molar-refractivity contribution is -0.128. The van der Waals surface area contributed by atoms with Crippen molar-refractivity contribution in [2.75, 3.05) is 19.6 Å². The summed E-state index contributed by atoms with van der Waals surface area (Å²) >= 11 is 0. The molecule has 4 aromatic rings. The molecule has 0 atom stereocenters. The van der Waals surface area contributed by atoms with E-state index in [4.69, 9.17) is 4.52 Å². The lowest BCUT2D eigenvalue weighted by atomic mass is 9.86. The van der Waals surface area contributed by atoms with Gasteiger partial charge in [0.25, 0.3) is 5.91 Å². The van der Waals surface area contributed by atoms with Gasteiger partial charge in [-0.25, -0.2) is 4.39 Å². The summed E-state index contributed by atoms with van der Waals surface area (Å²) in [5.74, 6) is -0.541. The number of hydrogen-bond donors (Lipinski definition) is 4. The van der Waals surface area contributed by atoms with Gasteiger partial charge >= 0.3 is 0 Å². The molecule has 8 nitrogen and oxygen atoms in total. The Morgan fingerprint density at radius 2 is 1.92 bits per heavy atom. The van der Waals surface area contributed by atoms with Crippen LogP contribution in [-0.4, -0.2) is 47.1 Å². The molecule has 36 heavy (non-hydrogen) atoms. The molecule has 186 valence electrons. The fraction of sp³-hybridized carbons (Fsp3) is 0.296. The van der Waals surface area contributed by atoms with Crippen LogP contribution in [0.5, 0.6) is 0 Å². The fourth-order valence-electron chi connectivity index (χ4n) is 4.81. The van der Waals surface area contributed by atoms with Crippen molar-refractivity contribution in [1.29, 1.82) is 0 Å². The summed E-state index contributed by atoms with van der Waals surface area (Å²) in [6, 6.07) is 13.9. The molecule has 0 unspecified atom stereocenters. The largest absolute Gasteiger partial charge is 0.361 e. The Kier molecular flexibility index (Phi) is 6.56. The van der Waals surface area contributed by atoms with Crippen LogP contribution >= 0.6 is 0 Å². The molecule has 1 aliphatic heterocycles. The summed E-state index contributed by atoms with van der Waals surface area (Å²) in [5.41, 5.74) is 2.23. The van der Waals surface area contributed by atoms with E-state index in [-0.39, 0.29) is 11.7 Å². The Morgan fingerprint density at radius 1 is 1.14 bits per heavy atom. The summed E-state index contributed by atoms with van der Waals surface area (Å²) < 4.78 is 19.1. The molecule has 0 aliphatic carbocycles. The van der Waals surface area contributed by atoms with Gasteiger partial charge in [-0.2, -0.15) is 0 Å². The minimum Gasteiger partial charge on any atom is -0.361 e. The van der Waals surface area contributed by atoms with Crippen molar-refractivity contribution in [3.05, 3.63) is 77.4 Å². The number of amides is 2. The second-order valence-electron chi connectivity index (χ2n) is 9.12. The highest BCUT2D eigenvalue weighted by Gasteiger charge is 2.42. The predicted octanol–water partition coefficient (Wildman–Crippen LogP) is 3.48. The van der Waals surface area contributed by atoms with Crippen molar-refractivity contribution in [1.82, 2.24) is 26.1 Å². The van der Waals surface area contributed by atoms with Crippen molar-refractivity contribution < 1.29 is 18.5 Å². The van der Waals surface area contributed by atoms with Crippen LogP contribution in [0.1, 0.15) is 34.5 Å². The molecule has 1 saturated heterocycles. The van der Waals surface area contributed by atoms with Gasteiger partial charge < -0.3 is 25.5 Å². The summed E-state index contributed by atoms with van der Waals surface area (Å²) in [6.45, 7) is 3.25. The summed E-state index contributed by atoms with van der Waals surface area (Å²) in [4.78, 5) is 30.1. The smallest absolute Gasteiger partial charge is 0.258 e. The van der Waals surface area contributed by atoms with E-state index in [0.717, 1.165) is 22.0 Å². The molecule has 3 heterocycles. The molecule has 9 heteroatoms. The molecule has 5 rings (SSSR count). The second kappa shape index (κ2) is 9.94. The number of halogens is 1. The molecule has 4 N–H and O–H groups in total. The van der Waals surface area contributed by atoms with Gasteiger partial charge in [-0.1, -0.05) is 35.5 Å². The van der Waals surface area contributed by atoms with E-state index in [1.807, 2.05) is 36.5 Å². The highest BCUT2D eigenvalue weighted by Crippen LogP contribution is 2.27. The van der Waals surface area contributed by atoms with Gasteiger partial charge in [0, 0.05) is 29.2 Å². The number of nitrogens with one attached hydrogen (secondary N) is 4. The first kappa shape index (κ1) is 23.7. The Balaban J connectivity index is 1.32. The van der Waals surface area contributed by atoms with E-state index in [1.165, 1.54) is 12.1 Å². The lowest BCUT2D eigenvalue weighted by Gasteiger charge is -2.37. The highest BCUT2D eigenvalue weighted by molar-refractivity contribution is 6.04. The third-order valence-corrected chi connectivity index (χ3v) is 6.79. The number of hydrogen-bond acceptors (Lipinski definition) is 5. The highest BCUT2D eigenvalue weighted by atomic mass is 19.1. The molecule has 2 aromatic carbocycles. The zero-order valence-corrected chi connectivity index (χ0v) is 20.0. The van der Waals surface area contributed by atoms with Gasteiger partial charge in [-0.15, -0.1) is 0 Å². The average molecular weight is 490 g/mol. The molecular weight excluding hydrogens is 461 g/mol. The first-order valence-corrected chi connectivity index (χ1v) is 12.1. The van der Waals surface area contributed by atoms with Gasteiger partial charge in [0.05, 0.1) is 0 Å². The number of fused-ring (bicyclic) bond motifs is 1. The topological polar surface area (TPSA) is 112 Å². The number of aromatic amines is 1. The third kappa shape index (κ3) is 4.61. The maximum absolute atomic E-state index is 13.7. The molecule has 1 aliphatic rings. The van der Waals surface area contributed by atoms with Crippen LogP contribution in [0.25, 0.3) is 22.2 Å². The van der Waals surface area contributed by atoms with E-state index in [1.54, 1.807) is 13.0 Å². The normalized spacial score (nSPS) is 15.1. The number of carbonyl (C=O) groups is 2. The first-order chi connectivity index (χ1) is 17.5. The van der Waals surface area contributed by atoms with Crippen LogP contribution in [0.3, 0.4) is 0 Å². The number of rotatable bonds is 7. The third-order valence-electron chi connectivity index (χ3n) is 6.79. The number of H-pyrrole nitrogens is 1. The Labute approximate surface area is 207 Å². The van der Waals surface area contributed by atoms with Crippen molar-refractivity contribution in [3.63, 3.8) is 0 Å². The molecule has 1 fully saturated rings. The standard InChI is InChI=1S/C27H28FN5O3/c1-17-23(24(33-36-17)18-5-3-2-4-6-18)25(34)32-27(10-13-29-14-11-27)26(35)30-12-9-19-16-31-22-8-7-20(28)15-21(19)22/h2-8,15-16,29,31H,9-14H2,1H3,(H,30,35)(H,32,34). The van der Waals surface area contributed by atoms with Gasteiger partial charge in [0.15, 0.2) is 0 Å². The Hall–Kier alpha value is -3.98. The van der Waals surface area contributed by atoms with E-state index < -0.39 is 11.4 Å². The summed E-state index contributed by atoms with van der Waals surface area (Å²) in [7, 11) is 0. The second-order valence-corrected chi connectivity index (χ2v) is 9.12. The maximum Gasteiger partial charge on any atom is 0.258 e. The molecular formula is C27H28FN5O3. The fourth-order valence-corrected chi connectivity index (χ4v) is 4.81. The Morgan fingerprint density at radius 3 is 2.69 bits per heavy atom. The van der Waals surface area contributed by atoms with Gasteiger partial charge in [0.2, 0.25) is 5.91 Å². The number of benzene rings is 2. The monoisotopic (exact) mass is 489 g/mol. The van der Waals surface area contributed by atoms with Gasteiger partial charge in [-0.05, 0) is 63.0 Å². The number of carbonyl (C=O) groups excluding carboxylic acids is 2. The summed E-state index contributed by atoms with van der Waals surface area (Å²) in [5, 5.41) is 14.2. The minimum atomic E-state index is -1.06. The maximum atomic E-state index is 13.7. The molecule has 0 saturated carbocycles. The van der Waals surface area contributed by atoms with E-state index >= 15 is 0 Å². The SMILES string of the molecule is Cc1onc(-c2ccccc2)c1C(=O)NC1(C(=O)NCCc2c[nH]c3ccc(F)cc23)CCNCC1. The van der Waals surface area contributed by atoms with Crippen molar-refractivity contribution in [3.8, 4) is 11.3 Å². The van der Waals surface area contributed by atoms with Crippen LogP contribution in [0.2, 0.25) is 0 Å². The molecule has 0 bridgehead atoms. The predicted molar refractivity (Wildman–Crippen MR) is 134 cm³/mol. The number of aryl methyl sites for hydroxylation is 1. The van der Waals surface area contributed by atoms with E-state index in [9.17, 15) is 14.0 Å². The van der Waals surface area contributed by atoms with Crippen molar-refractivity contribution in [2.24, 2.45) is 0 Å². The molecule has 2 aromatic heterocycles. The van der Waals surface area contributed by atoms with Crippen LogP contribution in [0.4, 0.5) is 4.39 Å². The van der Waals surface area contributed by atoms with Crippen molar-refractivity contribution >= 4 is 22.7 Å². The van der Waals surface area contributed by atoms with Crippen LogP contribution < -0.4 is 16.0 Å². The minimum absolute atomic E-state index is 0.237. The van der Waals surface area contributed by atoms with E-state index in [2.05, 4.69) is 26.1 Å². The lowest BCUT2D eigenvalue weighted by Crippen LogP contribution is -2.63. The average Bonchev–Trinajstić information content (AvgIpc) is 3.48. The molecule has 0 radical (unpaired) electrons. The van der Waals surface area contributed by atoms with E-state index in [0.29, 0.717) is 55.9 Å². The van der Waals surface area contributed by atoms with Gasteiger partial charge in [0.1, 0.15) is 28.4 Å². The first-order valence-electron chi connectivity index (χ1n) is 12.1. The Bertz CT molecular complexity index is 1390. The summed E-state index contributed by atoms with van der Waals surface area (Å²) in [6.07, 6.45) is 3.26. The van der Waals surface area contributed by atoms with Crippen LogP contribution in [0.15, 0.2) is 59.3 Å². The van der Waals surface area contributed by atoms with Crippen LogP contribution in [-0.2, 0) is 11.2 Å². The quantitative estimate of drug-likeness (QED) is 0.318. The van der Waals surface area contributed by atoms with Gasteiger partial charge in [-0.3, -0.25) is 9.59 Å². The molecule has 0 spiro atoms. The van der Waals surface area contributed by atoms with Crippen molar-refractivity contribution in [2.45, 2.75) is 31.7 Å². The number of piperidine rings is 1.